The Morgan fingerprint density at radius 2 is 1.91 bits per heavy atom. The van der Waals surface area contributed by atoms with E-state index in [1.165, 1.54) is 6.07 Å². The Hall–Kier alpha value is -1.47. The van der Waals surface area contributed by atoms with Gasteiger partial charge in [-0.05, 0) is 19.9 Å². The summed E-state index contributed by atoms with van der Waals surface area (Å²) in [5, 5.41) is 3.21. The third kappa shape index (κ3) is 5.38. The van der Waals surface area contributed by atoms with Crippen LogP contribution in [0.5, 0.6) is 11.5 Å². The number of ether oxygens (including phenoxy) is 2. The molecule has 0 spiro atoms. The van der Waals surface area contributed by atoms with Crippen LogP contribution in [-0.2, 0) is 6.54 Å². The van der Waals surface area contributed by atoms with Crippen LogP contribution in [0.15, 0.2) is 18.2 Å². The Balaban J connectivity index is 2.18. The van der Waals surface area contributed by atoms with Crippen molar-refractivity contribution in [2.75, 3.05) is 26.2 Å². The molecule has 1 N–H and O–H groups in total. The van der Waals surface area contributed by atoms with Gasteiger partial charge in [0, 0.05) is 44.4 Å². The molecule has 2 rings (SSSR count). The normalized spacial score (nSPS) is 16.8. The highest BCUT2D eigenvalue weighted by atomic mass is 19.4. The van der Waals surface area contributed by atoms with Crippen LogP contribution in [0, 0.1) is 0 Å². The second-order valence-corrected chi connectivity index (χ2v) is 5.51. The van der Waals surface area contributed by atoms with Gasteiger partial charge in [-0.3, -0.25) is 4.90 Å². The Morgan fingerprint density at radius 1 is 1.23 bits per heavy atom. The monoisotopic (exact) mass is 318 g/mol. The predicted octanol–water partition coefficient (Wildman–Crippen LogP) is 2.78. The van der Waals surface area contributed by atoms with Crippen molar-refractivity contribution in [3.05, 3.63) is 23.8 Å². The highest BCUT2D eigenvalue weighted by Crippen LogP contribution is 2.31. The van der Waals surface area contributed by atoms with Crippen LogP contribution < -0.4 is 14.8 Å². The number of nitrogens with one attached hydrogen (secondary N) is 1. The molecular weight excluding hydrogens is 297 g/mol. The second kappa shape index (κ2) is 7.19. The molecule has 0 radical (unpaired) electrons. The van der Waals surface area contributed by atoms with Crippen LogP contribution >= 0.6 is 0 Å². The number of piperazine rings is 1. The van der Waals surface area contributed by atoms with Gasteiger partial charge in [-0.1, -0.05) is 6.07 Å². The number of alkyl halides is 3. The van der Waals surface area contributed by atoms with E-state index >= 15 is 0 Å². The predicted molar refractivity (Wildman–Crippen MR) is 77.0 cm³/mol. The molecule has 0 aliphatic carbocycles. The van der Waals surface area contributed by atoms with Gasteiger partial charge in [0.1, 0.15) is 11.5 Å². The maximum absolute atomic E-state index is 12.6. The molecule has 0 bridgehead atoms. The van der Waals surface area contributed by atoms with Crippen molar-refractivity contribution in [3.8, 4) is 11.5 Å². The van der Waals surface area contributed by atoms with Crippen molar-refractivity contribution >= 4 is 0 Å². The van der Waals surface area contributed by atoms with Gasteiger partial charge in [0.25, 0.3) is 0 Å². The fourth-order valence-corrected chi connectivity index (χ4v) is 2.34. The largest absolute Gasteiger partial charge is 0.573 e. The number of rotatable bonds is 5. The molecule has 1 aliphatic rings. The summed E-state index contributed by atoms with van der Waals surface area (Å²) in [4.78, 5) is 2.10. The van der Waals surface area contributed by atoms with Crippen LogP contribution in [0.4, 0.5) is 13.2 Å². The molecule has 1 aromatic carbocycles. The Bertz CT molecular complexity index is 486. The van der Waals surface area contributed by atoms with E-state index in [1.807, 2.05) is 13.8 Å². The first-order valence-corrected chi connectivity index (χ1v) is 7.32. The summed E-state index contributed by atoms with van der Waals surface area (Å²) in [6, 6.07) is 4.63. The minimum Gasteiger partial charge on any atom is -0.491 e. The zero-order chi connectivity index (χ0) is 16.2. The van der Waals surface area contributed by atoms with E-state index in [0.717, 1.165) is 26.2 Å². The average Bonchev–Trinajstić information content (AvgIpc) is 2.40. The van der Waals surface area contributed by atoms with Gasteiger partial charge < -0.3 is 14.8 Å². The minimum absolute atomic E-state index is 0.113. The van der Waals surface area contributed by atoms with Crippen LogP contribution in [0.25, 0.3) is 0 Å². The molecule has 7 heteroatoms. The molecule has 22 heavy (non-hydrogen) atoms. The fraction of sp³-hybridized carbons (Fsp3) is 0.600. The molecule has 0 unspecified atom stereocenters. The SMILES string of the molecule is CC(C)Oc1ccc(CN2CCNCC2)c(OC(F)(F)F)c1. The van der Waals surface area contributed by atoms with Gasteiger partial charge in [-0.15, -0.1) is 13.2 Å². The lowest BCUT2D eigenvalue weighted by atomic mass is 10.1. The van der Waals surface area contributed by atoms with Gasteiger partial charge in [0.05, 0.1) is 6.10 Å². The topological polar surface area (TPSA) is 33.7 Å². The minimum atomic E-state index is -4.71. The van der Waals surface area contributed by atoms with E-state index in [9.17, 15) is 13.2 Å². The molecule has 0 aromatic heterocycles. The zero-order valence-electron chi connectivity index (χ0n) is 12.7. The van der Waals surface area contributed by atoms with Crippen LogP contribution in [0.1, 0.15) is 19.4 Å². The summed E-state index contributed by atoms with van der Waals surface area (Å²) in [5.41, 5.74) is 0.510. The molecule has 1 aromatic rings. The molecular formula is C15H21F3N2O2. The number of halogens is 3. The summed E-state index contributed by atoms with van der Waals surface area (Å²) in [6.07, 6.45) is -4.83. The van der Waals surface area contributed by atoms with Crippen LogP contribution in [0.3, 0.4) is 0 Å². The van der Waals surface area contributed by atoms with Crippen molar-refractivity contribution < 1.29 is 22.6 Å². The standard InChI is InChI=1S/C15H21F3N2O2/c1-11(2)21-13-4-3-12(10-20-7-5-19-6-8-20)14(9-13)22-15(16,17)18/h3-4,9,11,19H,5-8,10H2,1-2H3. The summed E-state index contributed by atoms with van der Waals surface area (Å²) in [7, 11) is 0. The molecule has 0 atom stereocenters. The lowest BCUT2D eigenvalue weighted by molar-refractivity contribution is -0.275. The molecule has 0 amide bonds. The zero-order valence-corrected chi connectivity index (χ0v) is 12.7. The molecule has 1 heterocycles. The van der Waals surface area contributed by atoms with Crippen molar-refractivity contribution in [1.82, 2.24) is 10.2 Å². The summed E-state index contributed by atoms with van der Waals surface area (Å²) < 4.78 is 47.4. The summed E-state index contributed by atoms with van der Waals surface area (Å²) in [6.45, 7) is 7.34. The van der Waals surface area contributed by atoms with Crippen LogP contribution in [-0.4, -0.2) is 43.5 Å². The van der Waals surface area contributed by atoms with E-state index in [2.05, 4.69) is 15.0 Å². The van der Waals surface area contributed by atoms with Gasteiger partial charge in [0.15, 0.2) is 0 Å². The summed E-state index contributed by atoms with van der Waals surface area (Å²) in [5.74, 6) is 0.183. The maximum atomic E-state index is 12.6. The van der Waals surface area contributed by atoms with Crippen molar-refractivity contribution in [3.63, 3.8) is 0 Å². The number of nitrogens with zero attached hydrogens (tertiary/aromatic N) is 1. The highest BCUT2D eigenvalue weighted by Gasteiger charge is 2.32. The first-order chi connectivity index (χ1) is 10.3. The molecule has 124 valence electrons. The van der Waals surface area contributed by atoms with E-state index < -0.39 is 6.36 Å². The molecule has 4 nitrogen and oxygen atoms in total. The smallest absolute Gasteiger partial charge is 0.491 e. The summed E-state index contributed by atoms with van der Waals surface area (Å²) >= 11 is 0. The third-order valence-corrected chi connectivity index (χ3v) is 3.24. The average molecular weight is 318 g/mol. The Kier molecular flexibility index (Phi) is 5.52. The number of hydrogen-bond donors (Lipinski definition) is 1. The number of benzene rings is 1. The molecule has 1 aliphatic heterocycles. The van der Waals surface area contributed by atoms with E-state index in [4.69, 9.17) is 4.74 Å². The van der Waals surface area contributed by atoms with Crippen LogP contribution in [0.2, 0.25) is 0 Å². The van der Waals surface area contributed by atoms with Gasteiger partial charge >= 0.3 is 6.36 Å². The van der Waals surface area contributed by atoms with Crippen molar-refractivity contribution in [1.29, 1.82) is 0 Å². The third-order valence-electron chi connectivity index (χ3n) is 3.24. The number of hydrogen-bond acceptors (Lipinski definition) is 4. The lowest BCUT2D eigenvalue weighted by Gasteiger charge is -2.28. The van der Waals surface area contributed by atoms with Crippen molar-refractivity contribution in [2.45, 2.75) is 32.9 Å². The molecule has 1 saturated heterocycles. The quantitative estimate of drug-likeness (QED) is 0.905. The van der Waals surface area contributed by atoms with Crippen molar-refractivity contribution in [2.24, 2.45) is 0 Å². The molecule has 1 fully saturated rings. The van der Waals surface area contributed by atoms with Gasteiger partial charge in [-0.25, -0.2) is 0 Å². The Labute approximate surface area is 128 Å². The first kappa shape index (κ1) is 16.9. The van der Waals surface area contributed by atoms with E-state index in [1.54, 1.807) is 12.1 Å². The van der Waals surface area contributed by atoms with Gasteiger partial charge in [-0.2, -0.15) is 0 Å². The van der Waals surface area contributed by atoms with E-state index in [0.29, 0.717) is 17.9 Å². The molecule has 0 saturated carbocycles. The second-order valence-electron chi connectivity index (χ2n) is 5.51. The van der Waals surface area contributed by atoms with E-state index in [-0.39, 0.29) is 11.9 Å². The van der Waals surface area contributed by atoms with Gasteiger partial charge in [0.2, 0.25) is 0 Å². The highest BCUT2D eigenvalue weighted by molar-refractivity contribution is 5.41. The lowest BCUT2D eigenvalue weighted by Crippen LogP contribution is -2.43. The maximum Gasteiger partial charge on any atom is 0.573 e. The fourth-order valence-electron chi connectivity index (χ4n) is 2.34. The first-order valence-electron chi connectivity index (χ1n) is 7.32. The Morgan fingerprint density at radius 3 is 2.50 bits per heavy atom.